The number of aromatic nitrogens is 2. The second-order valence-electron chi connectivity index (χ2n) is 5.71. The van der Waals surface area contributed by atoms with Crippen LogP contribution in [-0.4, -0.2) is 47.7 Å². The Hall–Kier alpha value is -1.36. The summed E-state index contributed by atoms with van der Waals surface area (Å²) >= 11 is 0. The number of anilines is 1. The number of hydrogen-bond donors (Lipinski definition) is 1. The van der Waals surface area contributed by atoms with Crippen molar-refractivity contribution in [3.05, 3.63) is 12.4 Å². The van der Waals surface area contributed by atoms with Crippen LogP contribution in [0.2, 0.25) is 0 Å². The van der Waals surface area contributed by atoms with Gasteiger partial charge in [0.05, 0.1) is 7.11 Å². The Morgan fingerprint density at radius 1 is 1.32 bits per heavy atom. The number of hydrogen-bond acceptors (Lipinski definition) is 5. The lowest BCUT2D eigenvalue weighted by molar-refractivity contribution is 0.139. The predicted octanol–water partition coefficient (Wildman–Crippen LogP) is 1.77. The van der Waals surface area contributed by atoms with Crippen LogP contribution in [0, 0.1) is 5.92 Å². The van der Waals surface area contributed by atoms with Gasteiger partial charge in [-0.3, -0.25) is 0 Å². The second kappa shape index (κ2) is 5.33. The van der Waals surface area contributed by atoms with Crippen LogP contribution in [0.3, 0.4) is 0 Å². The average molecular weight is 262 g/mol. The summed E-state index contributed by atoms with van der Waals surface area (Å²) in [5.41, 5.74) is 0. The lowest BCUT2D eigenvalue weighted by Crippen LogP contribution is -2.41. The first kappa shape index (κ1) is 12.7. The molecule has 5 heteroatoms. The molecule has 0 aromatic carbocycles. The van der Waals surface area contributed by atoms with Gasteiger partial charge in [-0.2, -0.15) is 0 Å². The Morgan fingerprint density at radius 3 is 2.74 bits per heavy atom. The maximum Gasteiger partial charge on any atom is 0.218 e. The Bertz CT molecular complexity index is 425. The van der Waals surface area contributed by atoms with Crippen LogP contribution in [0.4, 0.5) is 5.82 Å². The summed E-state index contributed by atoms with van der Waals surface area (Å²) in [6, 6.07) is 3.44. The van der Waals surface area contributed by atoms with E-state index in [1.807, 2.05) is 6.07 Å². The zero-order chi connectivity index (χ0) is 13.2. The van der Waals surface area contributed by atoms with E-state index in [0.29, 0.717) is 5.88 Å². The highest BCUT2D eigenvalue weighted by Gasteiger charge is 2.38. The maximum absolute atomic E-state index is 5.11. The molecule has 3 rings (SSSR count). The maximum atomic E-state index is 5.11. The third-order valence-corrected chi connectivity index (χ3v) is 4.62. The number of ether oxygens (including phenoxy) is 1. The molecule has 2 unspecified atom stereocenters. The largest absolute Gasteiger partial charge is 0.481 e. The van der Waals surface area contributed by atoms with Crippen molar-refractivity contribution in [2.75, 3.05) is 26.0 Å². The predicted molar refractivity (Wildman–Crippen MR) is 74.4 cm³/mol. The molecule has 0 amide bonds. The van der Waals surface area contributed by atoms with Crippen LogP contribution in [0.1, 0.15) is 25.7 Å². The third kappa shape index (κ3) is 2.66. The van der Waals surface area contributed by atoms with Crippen LogP contribution in [0.5, 0.6) is 5.88 Å². The lowest BCUT2D eigenvalue weighted by atomic mass is 9.91. The molecule has 2 bridgehead atoms. The molecule has 0 spiro atoms. The molecule has 2 saturated heterocycles. The van der Waals surface area contributed by atoms with Crippen molar-refractivity contribution in [3.63, 3.8) is 0 Å². The van der Waals surface area contributed by atoms with Gasteiger partial charge in [0.2, 0.25) is 5.88 Å². The number of rotatable bonds is 4. The molecule has 2 fully saturated rings. The fourth-order valence-electron chi connectivity index (χ4n) is 3.49. The van der Waals surface area contributed by atoms with Crippen molar-refractivity contribution in [1.29, 1.82) is 0 Å². The normalized spacial score (nSPS) is 30.3. The van der Waals surface area contributed by atoms with Crippen LogP contribution < -0.4 is 10.1 Å². The lowest BCUT2D eigenvalue weighted by Gasteiger charge is -2.36. The average Bonchev–Trinajstić information content (AvgIpc) is 2.68. The Kier molecular flexibility index (Phi) is 3.55. The highest BCUT2D eigenvalue weighted by molar-refractivity contribution is 5.37. The van der Waals surface area contributed by atoms with E-state index in [1.165, 1.54) is 25.7 Å². The monoisotopic (exact) mass is 262 g/mol. The fourth-order valence-corrected chi connectivity index (χ4v) is 3.49. The first-order valence-corrected chi connectivity index (χ1v) is 7.08. The van der Waals surface area contributed by atoms with E-state index in [2.05, 4.69) is 27.2 Å². The van der Waals surface area contributed by atoms with Crippen molar-refractivity contribution >= 4 is 5.82 Å². The number of fused-ring (bicyclic) bond motifs is 2. The molecule has 19 heavy (non-hydrogen) atoms. The van der Waals surface area contributed by atoms with Gasteiger partial charge in [-0.25, -0.2) is 9.97 Å². The quantitative estimate of drug-likeness (QED) is 0.896. The topological polar surface area (TPSA) is 50.3 Å². The van der Waals surface area contributed by atoms with E-state index in [1.54, 1.807) is 13.4 Å². The SMILES string of the molecule is COc1cc(NCC2CC3CCC(C2)N3C)ncn1. The summed E-state index contributed by atoms with van der Waals surface area (Å²) < 4.78 is 5.11. The first-order chi connectivity index (χ1) is 9.26. The minimum Gasteiger partial charge on any atom is -0.481 e. The van der Waals surface area contributed by atoms with Gasteiger partial charge in [-0.15, -0.1) is 0 Å². The van der Waals surface area contributed by atoms with Gasteiger partial charge < -0.3 is 15.0 Å². The third-order valence-electron chi connectivity index (χ3n) is 4.62. The van der Waals surface area contributed by atoms with Crippen molar-refractivity contribution in [2.24, 2.45) is 5.92 Å². The number of nitrogens with zero attached hydrogens (tertiary/aromatic N) is 3. The fraction of sp³-hybridized carbons (Fsp3) is 0.714. The van der Waals surface area contributed by atoms with Crippen molar-refractivity contribution in [1.82, 2.24) is 14.9 Å². The molecule has 2 atom stereocenters. The Labute approximate surface area is 114 Å². The molecular weight excluding hydrogens is 240 g/mol. The molecular formula is C14H22N4O. The van der Waals surface area contributed by atoms with Crippen LogP contribution in [0.15, 0.2) is 12.4 Å². The summed E-state index contributed by atoms with van der Waals surface area (Å²) in [6.07, 6.45) is 6.90. The van der Waals surface area contributed by atoms with E-state index < -0.39 is 0 Å². The van der Waals surface area contributed by atoms with Crippen LogP contribution in [-0.2, 0) is 0 Å². The number of methoxy groups -OCH3 is 1. The van der Waals surface area contributed by atoms with E-state index in [0.717, 1.165) is 30.4 Å². The van der Waals surface area contributed by atoms with Gasteiger partial charge in [-0.1, -0.05) is 0 Å². The molecule has 2 aliphatic heterocycles. The molecule has 2 aliphatic rings. The van der Waals surface area contributed by atoms with E-state index >= 15 is 0 Å². The van der Waals surface area contributed by atoms with E-state index in [-0.39, 0.29) is 0 Å². The van der Waals surface area contributed by atoms with Crippen molar-refractivity contribution in [3.8, 4) is 5.88 Å². The first-order valence-electron chi connectivity index (χ1n) is 7.08. The number of nitrogens with one attached hydrogen (secondary N) is 1. The molecule has 0 radical (unpaired) electrons. The standard InChI is InChI=1S/C14H22N4O/c1-18-11-3-4-12(18)6-10(5-11)8-15-13-7-14(19-2)17-9-16-13/h7,9-12H,3-6,8H2,1-2H3,(H,15,16,17). The summed E-state index contributed by atoms with van der Waals surface area (Å²) in [7, 11) is 3.90. The Balaban J connectivity index is 1.55. The highest BCUT2D eigenvalue weighted by atomic mass is 16.5. The summed E-state index contributed by atoms with van der Waals surface area (Å²) in [4.78, 5) is 10.8. The van der Waals surface area contributed by atoms with Gasteiger partial charge in [0.25, 0.3) is 0 Å². The molecule has 104 valence electrons. The minimum atomic E-state index is 0.612. The molecule has 3 heterocycles. The minimum absolute atomic E-state index is 0.612. The van der Waals surface area contributed by atoms with Gasteiger partial charge in [-0.05, 0) is 38.6 Å². The van der Waals surface area contributed by atoms with E-state index in [9.17, 15) is 0 Å². The summed E-state index contributed by atoms with van der Waals surface area (Å²) in [5, 5.41) is 3.42. The zero-order valence-corrected chi connectivity index (χ0v) is 11.7. The zero-order valence-electron chi connectivity index (χ0n) is 11.7. The van der Waals surface area contributed by atoms with Gasteiger partial charge in [0.1, 0.15) is 12.1 Å². The molecule has 0 saturated carbocycles. The van der Waals surface area contributed by atoms with Crippen LogP contribution >= 0.6 is 0 Å². The smallest absolute Gasteiger partial charge is 0.218 e. The van der Waals surface area contributed by atoms with Crippen LogP contribution in [0.25, 0.3) is 0 Å². The molecule has 1 aromatic heterocycles. The Morgan fingerprint density at radius 2 is 2.05 bits per heavy atom. The van der Waals surface area contributed by atoms with Gasteiger partial charge >= 0.3 is 0 Å². The van der Waals surface area contributed by atoms with Gasteiger partial charge in [0.15, 0.2) is 0 Å². The van der Waals surface area contributed by atoms with Crippen molar-refractivity contribution in [2.45, 2.75) is 37.8 Å². The molecule has 1 aromatic rings. The molecule has 0 aliphatic carbocycles. The second-order valence-corrected chi connectivity index (χ2v) is 5.71. The number of piperidine rings is 1. The van der Waals surface area contributed by atoms with Crippen molar-refractivity contribution < 1.29 is 4.74 Å². The highest BCUT2D eigenvalue weighted by Crippen LogP contribution is 2.37. The van der Waals surface area contributed by atoms with E-state index in [4.69, 9.17) is 4.74 Å². The van der Waals surface area contributed by atoms with Gasteiger partial charge in [0, 0.05) is 24.7 Å². The summed E-state index contributed by atoms with van der Waals surface area (Å²) in [6.45, 7) is 1.00. The molecule has 5 nitrogen and oxygen atoms in total. The summed E-state index contributed by atoms with van der Waals surface area (Å²) in [5.74, 6) is 2.23. The molecule has 1 N–H and O–H groups in total.